The average molecular weight is 726 g/mol. The van der Waals surface area contributed by atoms with Crippen LogP contribution in [-0.2, 0) is 24.4 Å². The van der Waals surface area contributed by atoms with Gasteiger partial charge in [-0.25, -0.2) is 18.2 Å². The average Bonchev–Trinajstić information content (AvgIpc) is 3.98. The Balaban J connectivity index is 1.32. The molecular formula is C36H47N5O9S. The number of pyridine rings is 1. The molecule has 14 nitrogen and oxygen atoms in total. The van der Waals surface area contributed by atoms with Gasteiger partial charge < -0.3 is 30.1 Å². The second-order valence-corrected chi connectivity index (χ2v) is 16.8. The van der Waals surface area contributed by atoms with Crippen molar-refractivity contribution in [1.29, 1.82) is 0 Å². The maximum Gasteiger partial charge on any atom is 0.405 e. The smallest absolute Gasteiger partial charge is 0.405 e. The molecule has 2 saturated carbocycles. The van der Waals surface area contributed by atoms with Crippen molar-refractivity contribution in [2.45, 2.75) is 108 Å². The minimum absolute atomic E-state index is 0.0203. The third-order valence-corrected chi connectivity index (χ3v) is 12.1. The van der Waals surface area contributed by atoms with E-state index in [9.17, 15) is 32.7 Å². The van der Waals surface area contributed by atoms with E-state index in [0.717, 1.165) is 11.8 Å². The Hall–Kier alpha value is -4.40. The number of hydrogen-bond acceptors (Lipinski definition) is 9. The zero-order valence-corrected chi connectivity index (χ0v) is 30.1. The number of allylic oxidation sites excluding steroid dienone is 1. The minimum atomic E-state index is -3.90. The summed E-state index contributed by atoms with van der Waals surface area (Å²) >= 11 is 0. The molecule has 3 heterocycles. The van der Waals surface area contributed by atoms with Crippen molar-refractivity contribution < 1.29 is 42.2 Å². The standard InChI is InChI=1S/C36H47N5O9S/c1-20(2)49-25-9-12-28-23(16-25)13-14-37-32(28)50-26-17-29-31(42)39-36(34(44)40-51(47,48)27-10-11-27)18-24(36)8-6-5-7-21(3)15-22(4)30(38-35(45)46)33(43)41(29)19-26/h6,8-9,12-14,16,20-22,24,26-27,29-30,38H,5,7,10-11,15,17-19H2,1-4H3,(H,39,42)(H,40,44)(H,45,46)/b8-6-/t21-,22-,24-,26-,29+,30+,36-/m1/s1. The van der Waals surface area contributed by atoms with Gasteiger partial charge in [0.25, 0.3) is 5.91 Å². The summed E-state index contributed by atoms with van der Waals surface area (Å²) in [4.78, 5) is 60.0. The Morgan fingerprint density at radius 2 is 1.88 bits per heavy atom. The summed E-state index contributed by atoms with van der Waals surface area (Å²) in [6, 6.07) is 5.04. The molecule has 0 bridgehead atoms. The van der Waals surface area contributed by atoms with Crippen LogP contribution < -0.4 is 24.8 Å². The summed E-state index contributed by atoms with van der Waals surface area (Å²) in [7, 11) is -3.90. The number of sulfonamides is 1. The van der Waals surface area contributed by atoms with Crippen LogP contribution in [0.25, 0.3) is 10.8 Å². The first-order chi connectivity index (χ1) is 24.2. The first-order valence-corrected chi connectivity index (χ1v) is 19.3. The summed E-state index contributed by atoms with van der Waals surface area (Å²) in [5.41, 5.74) is -1.52. The molecule has 51 heavy (non-hydrogen) atoms. The van der Waals surface area contributed by atoms with E-state index in [4.69, 9.17) is 9.47 Å². The van der Waals surface area contributed by atoms with Crippen LogP contribution in [0.2, 0.25) is 0 Å². The van der Waals surface area contributed by atoms with E-state index in [1.54, 1.807) is 6.20 Å². The Morgan fingerprint density at radius 3 is 2.59 bits per heavy atom. The first-order valence-electron chi connectivity index (χ1n) is 17.7. The monoisotopic (exact) mass is 725 g/mol. The number of carbonyl (C=O) groups is 4. The molecule has 4 aliphatic rings. The summed E-state index contributed by atoms with van der Waals surface area (Å²) in [5.74, 6) is -1.79. The van der Waals surface area contributed by atoms with Crippen molar-refractivity contribution in [3.63, 3.8) is 0 Å². The van der Waals surface area contributed by atoms with Gasteiger partial charge in [-0.1, -0.05) is 26.0 Å². The highest BCUT2D eigenvalue weighted by Crippen LogP contribution is 2.46. The second-order valence-electron chi connectivity index (χ2n) is 14.8. The molecule has 2 aliphatic heterocycles. The predicted octanol–water partition coefficient (Wildman–Crippen LogP) is 3.50. The van der Waals surface area contributed by atoms with E-state index in [2.05, 4.69) is 20.3 Å². The van der Waals surface area contributed by atoms with Gasteiger partial charge in [-0.15, -0.1) is 0 Å². The SMILES string of the molecule is CC(C)Oc1ccc2c(O[C@@H]3C[C@H]4C(=O)N[C@]5(C(=O)NS(=O)(=O)C6CC6)C[C@H]5/C=C\CC[C@@H](C)C[C@@H](C)[C@H](NC(=O)O)C(=O)N4C3)nccc2c1. The number of benzene rings is 1. The highest BCUT2D eigenvalue weighted by molar-refractivity contribution is 7.91. The summed E-state index contributed by atoms with van der Waals surface area (Å²) < 4.78 is 40.0. The molecule has 2 aromatic rings. The maximum atomic E-state index is 14.3. The lowest BCUT2D eigenvalue weighted by Gasteiger charge is -2.32. The van der Waals surface area contributed by atoms with Crippen molar-refractivity contribution in [2.24, 2.45) is 17.8 Å². The lowest BCUT2D eigenvalue weighted by Crippen LogP contribution is -2.59. The topological polar surface area (TPSA) is 193 Å². The number of fused-ring (bicyclic) bond motifs is 3. The maximum absolute atomic E-state index is 14.3. The van der Waals surface area contributed by atoms with Crippen molar-refractivity contribution in [2.75, 3.05) is 6.54 Å². The molecule has 1 aromatic carbocycles. The number of amides is 4. The Labute approximate surface area is 297 Å². The molecule has 1 aromatic heterocycles. The van der Waals surface area contributed by atoms with Gasteiger partial charge in [0.2, 0.25) is 27.7 Å². The minimum Gasteiger partial charge on any atom is -0.491 e. The molecule has 0 spiro atoms. The largest absolute Gasteiger partial charge is 0.491 e. The van der Waals surface area contributed by atoms with E-state index < -0.39 is 74.7 Å². The van der Waals surface area contributed by atoms with Crippen LogP contribution in [0.1, 0.15) is 72.6 Å². The number of ether oxygens (including phenoxy) is 2. The molecular weight excluding hydrogens is 678 g/mol. The van der Waals surface area contributed by atoms with Crippen LogP contribution in [0.5, 0.6) is 11.6 Å². The fourth-order valence-electron chi connectivity index (χ4n) is 7.36. The van der Waals surface area contributed by atoms with Crippen molar-refractivity contribution in [3.05, 3.63) is 42.6 Å². The van der Waals surface area contributed by atoms with Gasteiger partial charge in [0.05, 0.1) is 17.9 Å². The number of hydrogen-bond donors (Lipinski definition) is 4. The lowest BCUT2D eigenvalue weighted by molar-refractivity contribution is -0.142. The fourth-order valence-corrected chi connectivity index (χ4v) is 8.72. The predicted molar refractivity (Wildman–Crippen MR) is 187 cm³/mol. The zero-order chi connectivity index (χ0) is 36.7. The molecule has 0 unspecified atom stereocenters. The van der Waals surface area contributed by atoms with E-state index in [0.29, 0.717) is 42.7 Å². The number of nitrogens with one attached hydrogen (secondary N) is 3. The van der Waals surface area contributed by atoms with Crippen LogP contribution >= 0.6 is 0 Å². The molecule has 15 heteroatoms. The quantitative estimate of drug-likeness (QED) is 0.293. The van der Waals surface area contributed by atoms with Crippen LogP contribution in [-0.4, -0.2) is 88.8 Å². The molecule has 3 fully saturated rings. The summed E-state index contributed by atoms with van der Waals surface area (Å²) in [6.07, 6.45) is 6.36. The van der Waals surface area contributed by atoms with E-state index in [1.165, 1.54) is 4.90 Å². The number of aromatic nitrogens is 1. The fraction of sp³-hybridized carbons (Fsp3) is 0.583. The van der Waals surface area contributed by atoms with Gasteiger partial charge in [0, 0.05) is 23.9 Å². The van der Waals surface area contributed by atoms with Crippen LogP contribution in [0.15, 0.2) is 42.6 Å². The molecule has 6 rings (SSSR count). The van der Waals surface area contributed by atoms with Crippen LogP contribution in [0.4, 0.5) is 4.79 Å². The van der Waals surface area contributed by atoms with Crippen molar-refractivity contribution in [3.8, 4) is 11.6 Å². The third kappa shape index (κ3) is 8.08. The van der Waals surface area contributed by atoms with Gasteiger partial charge in [-0.3, -0.25) is 19.1 Å². The Morgan fingerprint density at radius 1 is 1.12 bits per heavy atom. The number of rotatable bonds is 8. The lowest BCUT2D eigenvalue weighted by atomic mass is 9.88. The van der Waals surface area contributed by atoms with E-state index >= 15 is 0 Å². The molecule has 2 aliphatic carbocycles. The molecule has 7 atom stereocenters. The van der Waals surface area contributed by atoms with Gasteiger partial charge in [0.15, 0.2) is 0 Å². The molecule has 4 N–H and O–H groups in total. The van der Waals surface area contributed by atoms with Gasteiger partial charge >= 0.3 is 6.09 Å². The van der Waals surface area contributed by atoms with Gasteiger partial charge in [-0.2, -0.15) is 0 Å². The highest BCUT2D eigenvalue weighted by atomic mass is 32.2. The molecule has 0 radical (unpaired) electrons. The van der Waals surface area contributed by atoms with Gasteiger partial charge in [-0.05, 0) is 93.9 Å². The van der Waals surface area contributed by atoms with Crippen LogP contribution in [0.3, 0.4) is 0 Å². The van der Waals surface area contributed by atoms with Crippen molar-refractivity contribution in [1.82, 2.24) is 25.2 Å². The first kappa shape index (κ1) is 36.4. The van der Waals surface area contributed by atoms with Crippen LogP contribution in [0, 0.1) is 17.8 Å². The molecule has 4 amide bonds. The van der Waals surface area contributed by atoms with E-state index in [-0.39, 0.29) is 31.4 Å². The Kier molecular flexibility index (Phi) is 10.2. The summed E-state index contributed by atoms with van der Waals surface area (Å²) in [6.45, 7) is 7.66. The highest BCUT2D eigenvalue weighted by Gasteiger charge is 2.62. The third-order valence-electron chi connectivity index (χ3n) is 10.2. The zero-order valence-electron chi connectivity index (χ0n) is 29.3. The number of carboxylic acid groups (broad SMARTS) is 1. The van der Waals surface area contributed by atoms with E-state index in [1.807, 2.05) is 64.1 Å². The van der Waals surface area contributed by atoms with Crippen molar-refractivity contribution >= 4 is 44.6 Å². The second kappa shape index (κ2) is 14.3. The molecule has 1 saturated heterocycles. The molecule has 276 valence electrons. The normalized spacial score (nSPS) is 30.6. The Bertz CT molecular complexity index is 1830. The number of nitrogens with zero attached hydrogens (tertiary/aromatic N) is 2. The number of carbonyl (C=O) groups excluding carboxylic acids is 3. The van der Waals surface area contributed by atoms with Gasteiger partial charge in [0.1, 0.15) is 29.5 Å². The summed E-state index contributed by atoms with van der Waals surface area (Å²) in [5, 5.41) is 15.9.